The molecule has 0 unspecified atom stereocenters. The second-order valence-corrected chi connectivity index (χ2v) is 7.05. The summed E-state index contributed by atoms with van der Waals surface area (Å²) in [6.07, 6.45) is 5.97. The van der Waals surface area contributed by atoms with Crippen molar-refractivity contribution in [2.24, 2.45) is 0 Å². The summed E-state index contributed by atoms with van der Waals surface area (Å²) in [4.78, 5) is 8.59. The number of rotatable bonds is 2. The van der Waals surface area contributed by atoms with Crippen LogP contribution < -0.4 is 4.90 Å². The van der Waals surface area contributed by atoms with Gasteiger partial charge in [0.15, 0.2) is 0 Å². The van der Waals surface area contributed by atoms with E-state index in [-0.39, 0.29) is 20.1 Å². The van der Waals surface area contributed by atoms with E-state index in [0.29, 0.717) is 0 Å². The number of aromatic nitrogens is 1. The van der Waals surface area contributed by atoms with Crippen LogP contribution in [0, 0.1) is 11.4 Å². The molecule has 1 aliphatic heterocycles. The van der Waals surface area contributed by atoms with Crippen LogP contribution in [0.3, 0.4) is 0 Å². The molecule has 2 aromatic carbocycles. The van der Waals surface area contributed by atoms with Crippen LogP contribution in [0.25, 0.3) is 21.3 Å². The van der Waals surface area contributed by atoms with E-state index >= 15 is 0 Å². The van der Waals surface area contributed by atoms with Gasteiger partial charge in [-0.15, -0.1) is 58.1 Å². The molecule has 1 aliphatic rings. The van der Waals surface area contributed by atoms with Gasteiger partial charge >= 0.3 is 0 Å². The van der Waals surface area contributed by atoms with Crippen LogP contribution in [-0.2, 0) is 20.1 Å². The largest absolute Gasteiger partial charge is 0.361 e. The predicted molar refractivity (Wildman–Crippen MR) is 113 cm³/mol. The number of hydrogen-bond acceptors (Lipinski definition) is 4. The molecule has 0 fully saturated rings. The Balaban J connectivity index is 0.000000159. The standard InChI is InChI=1S/C12H11N2S.C11H8N.Ir/c1-13-6-7-14(9-13)11-8-15-12-5-3-2-4-10(11)12;1-2-6-10(7-3-1)11-8-4-5-9-12-11;/h2-7H,9H2,1H3;1-6,8-9H;/q2*-1;. The number of pyridine rings is 1. The van der Waals surface area contributed by atoms with E-state index in [2.05, 4.69) is 69.9 Å². The number of benzene rings is 2. The Labute approximate surface area is 183 Å². The van der Waals surface area contributed by atoms with E-state index in [4.69, 9.17) is 0 Å². The summed E-state index contributed by atoms with van der Waals surface area (Å²) in [6, 6.07) is 25.3. The fraction of sp³-hybridized carbons (Fsp3) is 0.0870. The van der Waals surface area contributed by atoms with E-state index in [1.165, 1.54) is 15.8 Å². The molecular weight excluding hydrogens is 543 g/mol. The van der Waals surface area contributed by atoms with Gasteiger partial charge in [-0.25, -0.2) is 0 Å². The summed E-state index contributed by atoms with van der Waals surface area (Å²) in [5.41, 5.74) is 3.20. The van der Waals surface area contributed by atoms with Gasteiger partial charge in [-0.1, -0.05) is 35.3 Å². The molecule has 0 N–H and O–H groups in total. The van der Waals surface area contributed by atoms with Crippen LogP contribution in [0.1, 0.15) is 0 Å². The molecular formula is C23H19IrN3S-2. The Kier molecular flexibility index (Phi) is 6.99. The van der Waals surface area contributed by atoms with Crippen LogP contribution in [0.5, 0.6) is 0 Å². The number of hydrogen-bond donors (Lipinski definition) is 0. The first-order chi connectivity index (χ1) is 13.3. The van der Waals surface area contributed by atoms with Crippen molar-refractivity contribution in [2.75, 3.05) is 18.6 Å². The van der Waals surface area contributed by atoms with E-state index in [1.807, 2.05) is 42.5 Å². The third kappa shape index (κ3) is 4.68. The smallest absolute Gasteiger partial charge is 0.0916 e. The molecule has 0 atom stereocenters. The SMILES string of the molecule is CN1C=CN(c2[c-]sc3ccccc23)C1.[Ir].[c-]1ccccc1-c1ccccn1. The van der Waals surface area contributed by atoms with Gasteiger partial charge in [-0.05, 0) is 11.8 Å². The second kappa shape index (κ2) is 9.65. The third-order valence-corrected chi connectivity index (χ3v) is 5.08. The molecule has 1 radical (unpaired) electrons. The van der Waals surface area contributed by atoms with Crippen molar-refractivity contribution in [3.05, 3.63) is 96.8 Å². The van der Waals surface area contributed by atoms with Crippen LogP contribution in [0.2, 0.25) is 0 Å². The molecule has 5 rings (SSSR count). The van der Waals surface area contributed by atoms with Crippen LogP contribution in [0.15, 0.2) is 85.3 Å². The molecule has 0 bridgehead atoms. The first-order valence-corrected chi connectivity index (χ1v) is 9.55. The zero-order chi connectivity index (χ0) is 18.5. The Morgan fingerprint density at radius 2 is 1.79 bits per heavy atom. The Bertz CT molecular complexity index is 994. The summed E-state index contributed by atoms with van der Waals surface area (Å²) in [5, 5.41) is 4.66. The van der Waals surface area contributed by atoms with Crippen molar-refractivity contribution in [1.82, 2.24) is 9.88 Å². The Morgan fingerprint density at radius 1 is 0.964 bits per heavy atom. The summed E-state index contributed by atoms with van der Waals surface area (Å²) >= 11 is 1.68. The topological polar surface area (TPSA) is 19.4 Å². The maximum absolute atomic E-state index is 4.22. The second-order valence-electron chi connectivity index (χ2n) is 6.21. The minimum absolute atomic E-state index is 0. The van der Waals surface area contributed by atoms with Crippen molar-refractivity contribution >= 4 is 27.1 Å². The third-order valence-electron chi connectivity index (χ3n) is 4.21. The molecule has 0 amide bonds. The van der Waals surface area contributed by atoms with Crippen LogP contribution in [-0.4, -0.2) is 23.6 Å². The molecule has 0 spiro atoms. The van der Waals surface area contributed by atoms with Gasteiger partial charge in [0.25, 0.3) is 0 Å². The zero-order valence-electron chi connectivity index (χ0n) is 15.4. The quantitative estimate of drug-likeness (QED) is 0.305. The van der Waals surface area contributed by atoms with Gasteiger partial charge in [0.05, 0.1) is 6.67 Å². The van der Waals surface area contributed by atoms with Crippen LogP contribution >= 0.6 is 11.3 Å². The summed E-state index contributed by atoms with van der Waals surface area (Å²) < 4.78 is 1.30. The van der Waals surface area contributed by atoms with E-state index in [9.17, 15) is 0 Å². The molecule has 4 aromatic rings. The number of anilines is 1. The fourth-order valence-electron chi connectivity index (χ4n) is 2.87. The van der Waals surface area contributed by atoms with Crippen molar-refractivity contribution in [3.63, 3.8) is 0 Å². The maximum Gasteiger partial charge on any atom is 0.0916 e. The molecule has 0 aliphatic carbocycles. The van der Waals surface area contributed by atoms with Gasteiger partial charge in [-0.3, -0.25) is 11.3 Å². The first kappa shape index (κ1) is 20.3. The molecule has 0 saturated carbocycles. The zero-order valence-corrected chi connectivity index (χ0v) is 18.6. The van der Waals surface area contributed by atoms with Gasteiger partial charge in [0.2, 0.25) is 0 Å². The molecule has 5 heteroatoms. The first-order valence-electron chi connectivity index (χ1n) is 8.74. The van der Waals surface area contributed by atoms with E-state index in [1.54, 1.807) is 17.5 Å². The summed E-state index contributed by atoms with van der Waals surface area (Å²) in [5.74, 6) is 0. The summed E-state index contributed by atoms with van der Waals surface area (Å²) in [7, 11) is 2.07. The minimum Gasteiger partial charge on any atom is -0.361 e. The normalized spacial score (nSPS) is 12.5. The summed E-state index contributed by atoms with van der Waals surface area (Å²) in [6.45, 7) is 0.914. The molecule has 3 heterocycles. The van der Waals surface area contributed by atoms with Crippen LogP contribution in [0.4, 0.5) is 5.69 Å². The van der Waals surface area contributed by atoms with Gasteiger partial charge in [0, 0.05) is 45.7 Å². The van der Waals surface area contributed by atoms with Gasteiger partial charge < -0.3 is 14.8 Å². The number of fused-ring (bicyclic) bond motifs is 1. The Morgan fingerprint density at radius 3 is 2.50 bits per heavy atom. The van der Waals surface area contributed by atoms with Crippen molar-refractivity contribution in [3.8, 4) is 11.3 Å². The monoisotopic (exact) mass is 562 g/mol. The van der Waals surface area contributed by atoms with E-state index < -0.39 is 0 Å². The van der Waals surface area contributed by atoms with Crippen molar-refractivity contribution in [1.29, 1.82) is 0 Å². The molecule has 28 heavy (non-hydrogen) atoms. The van der Waals surface area contributed by atoms with Crippen molar-refractivity contribution in [2.45, 2.75) is 0 Å². The van der Waals surface area contributed by atoms with Gasteiger partial charge in [-0.2, -0.15) is 0 Å². The number of thiophene rings is 1. The van der Waals surface area contributed by atoms with Gasteiger partial charge in [0.1, 0.15) is 0 Å². The molecule has 143 valence electrons. The minimum atomic E-state index is 0. The number of nitrogens with zero attached hydrogens (tertiary/aromatic N) is 3. The average Bonchev–Trinajstić information content (AvgIpc) is 3.36. The molecule has 3 nitrogen and oxygen atoms in total. The maximum atomic E-state index is 4.22. The van der Waals surface area contributed by atoms with Crippen molar-refractivity contribution < 1.29 is 20.1 Å². The fourth-order valence-corrected chi connectivity index (χ4v) is 3.73. The molecule has 0 saturated heterocycles. The predicted octanol–water partition coefficient (Wildman–Crippen LogP) is 5.43. The Hall–Kier alpha value is -2.46. The average molecular weight is 562 g/mol. The molecule has 2 aromatic heterocycles. The van der Waals surface area contributed by atoms with E-state index in [0.717, 1.165) is 17.9 Å².